The van der Waals surface area contributed by atoms with Crippen LogP contribution in [0.5, 0.6) is 0 Å². The predicted octanol–water partition coefficient (Wildman–Crippen LogP) is 1.82. The molecule has 0 aromatic heterocycles. The average Bonchev–Trinajstić information content (AvgIpc) is 2.99. The monoisotopic (exact) mass is 260 g/mol. The van der Waals surface area contributed by atoms with Crippen molar-refractivity contribution in [3.8, 4) is 0 Å². The number of likely N-dealkylation sites (tertiary alicyclic amines) is 1. The molecule has 1 fully saturated rings. The molecular formula is C15H20N2O2. The van der Waals surface area contributed by atoms with Crippen LogP contribution in [0.1, 0.15) is 36.5 Å². The van der Waals surface area contributed by atoms with Gasteiger partial charge in [-0.3, -0.25) is 9.59 Å². The maximum atomic E-state index is 12.3. The highest BCUT2D eigenvalue weighted by Crippen LogP contribution is 2.11. The summed E-state index contributed by atoms with van der Waals surface area (Å²) in [5, 5.41) is 2.83. The summed E-state index contributed by atoms with van der Waals surface area (Å²) < 4.78 is 0. The van der Waals surface area contributed by atoms with Crippen LogP contribution in [0.4, 0.5) is 0 Å². The van der Waals surface area contributed by atoms with Gasteiger partial charge in [0.2, 0.25) is 5.91 Å². The molecule has 0 spiro atoms. The van der Waals surface area contributed by atoms with Gasteiger partial charge in [-0.25, -0.2) is 0 Å². The lowest BCUT2D eigenvalue weighted by molar-refractivity contribution is -0.132. The SMILES string of the molecule is CC[C@H](NC(=O)c1ccccc1)C(=O)N1CCCC1. The van der Waals surface area contributed by atoms with Gasteiger partial charge in [-0.2, -0.15) is 0 Å². The second-order valence-electron chi connectivity index (χ2n) is 4.83. The van der Waals surface area contributed by atoms with Crippen LogP contribution in [0.3, 0.4) is 0 Å². The van der Waals surface area contributed by atoms with Crippen molar-refractivity contribution in [3.05, 3.63) is 35.9 Å². The molecule has 1 heterocycles. The molecule has 0 saturated carbocycles. The van der Waals surface area contributed by atoms with E-state index in [1.165, 1.54) is 0 Å². The molecule has 102 valence electrons. The Hall–Kier alpha value is -1.84. The minimum Gasteiger partial charge on any atom is -0.341 e. The number of hydrogen-bond acceptors (Lipinski definition) is 2. The lowest BCUT2D eigenvalue weighted by Crippen LogP contribution is -2.47. The number of rotatable bonds is 4. The van der Waals surface area contributed by atoms with Gasteiger partial charge in [-0.1, -0.05) is 25.1 Å². The van der Waals surface area contributed by atoms with Gasteiger partial charge in [0.15, 0.2) is 0 Å². The summed E-state index contributed by atoms with van der Waals surface area (Å²) >= 11 is 0. The Bertz CT molecular complexity index is 439. The summed E-state index contributed by atoms with van der Waals surface area (Å²) in [6.07, 6.45) is 2.75. The number of nitrogens with one attached hydrogen (secondary N) is 1. The molecule has 4 nitrogen and oxygen atoms in total. The molecule has 1 aromatic carbocycles. The van der Waals surface area contributed by atoms with Crippen LogP contribution in [0.2, 0.25) is 0 Å². The van der Waals surface area contributed by atoms with Gasteiger partial charge in [-0.05, 0) is 31.4 Å². The van der Waals surface area contributed by atoms with Crippen LogP contribution in [-0.4, -0.2) is 35.8 Å². The number of benzene rings is 1. The van der Waals surface area contributed by atoms with Crippen LogP contribution >= 0.6 is 0 Å². The van der Waals surface area contributed by atoms with E-state index in [1.807, 2.05) is 30.0 Å². The van der Waals surface area contributed by atoms with Gasteiger partial charge in [0.25, 0.3) is 5.91 Å². The van der Waals surface area contributed by atoms with Crippen LogP contribution < -0.4 is 5.32 Å². The summed E-state index contributed by atoms with van der Waals surface area (Å²) in [6.45, 7) is 3.55. The minimum atomic E-state index is -0.411. The first-order valence-electron chi connectivity index (χ1n) is 6.87. The largest absolute Gasteiger partial charge is 0.341 e. The van der Waals surface area contributed by atoms with Crippen molar-refractivity contribution in [2.75, 3.05) is 13.1 Å². The Balaban J connectivity index is 1.98. The molecule has 19 heavy (non-hydrogen) atoms. The first-order chi connectivity index (χ1) is 9.22. The van der Waals surface area contributed by atoms with E-state index >= 15 is 0 Å². The van der Waals surface area contributed by atoms with Crippen LogP contribution in [0.15, 0.2) is 30.3 Å². The summed E-state index contributed by atoms with van der Waals surface area (Å²) in [4.78, 5) is 26.2. The second kappa shape index (κ2) is 6.36. The van der Waals surface area contributed by atoms with E-state index in [-0.39, 0.29) is 11.8 Å². The molecule has 1 saturated heterocycles. The topological polar surface area (TPSA) is 49.4 Å². The number of hydrogen-bond donors (Lipinski definition) is 1. The molecule has 2 amide bonds. The first-order valence-corrected chi connectivity index (χ1v) is 6.87. The van der Waals surface area contributed by atoms with E-state index in [0.29, 0.717) is 12.0 Å². The Kier molecular flexibility index (Phi) is 4.55. The van der Waals surface area contributed by atoms with E-state index in [0.717, 1.165) is 25.9 Å². The summed E-state index contributed by atoms with van der Waals surface area (Å²) in [5.74, 6) is -0.135. The summed E-state index contributed by atoms with van der Waals surface area (Å²) in [6, 6.07) is 8.59. The van der Waals surface area contributed by atoms with Gasteiger partial charge in [0.1, 0.15) is 6.04 Å². The second-order valence-corrected chi connectivity index (χ2v) is 4.83. The molecule has 0 unspecified atom stereocenters. The van der Waals surface area contributed by atoms with Crippen molar-refractivity contribution in [1.29, 1.82) is 0 Å². The fraction of sp³-hybridized carbons (Fsp3) is 0.467. The number of amides is 2. The molecule has 1 aliphatic rings. The fourth-order valence-corrected chi connectivity index (χ4v) is 2.33. The zero-order valence-corrected chi connectivity index (χ0v) is 11.3. The highest BCUT2D eigenvalue weighted by Gasteiger charge is 2.26. The van der Waals surface area contributed by atoms with E-state index in [9.17, 15) is 9.59 Å². The standard InChI is InChI=1S/C15H20N2O2/c1-2-13(15(19)17-10-6-7-11-17)16-14(18)12-8-4-3-5-9-12/h3-5,8-9,13H,2,6-7,10-11H2,1H3,(H,16,18)/t13-/m0/s1. The minimum absolute atomic E-state index is 0.0456. The molecule has 2 rings (SSSR count). The Labute approximate surface area is 113 Å². The van der Waals surface area contributed by atoms with Gasteiger partial charge >= 0.3 is 0 Å². The first kappa shape index (κ1) is 13.6. The molecule has 0 bridgehead atoms. The molecule has 0 radical (unpaired) electrons. The molecule has 4 heteroatoms. The van der Waals surface area contributed by atoms with Crippen molar-refractivity contribution in [2.24, 2.45) is 0 Å². The fourth-order valence-electron chi connectivity index (χ4n) is 2.33. The third-order valence-electron chi connectivity index (χ3n) is 3.47. The molecule has 1 aromatic rings. The number of nitrogens with zero attached hydrogens (tertiary/aromatic N) is 1. The molecule has 0 aliphatic carbocycles. The van der Waals surface area contributed by atoms with Gasteiger partial charge < -0.3 is 10.2 Å². The van der Waals surface area contributed by atoms with E-state index < -0.39 is 6.04 Å². The Morgan fingerprint density at radius 3 is 2.42 bits per heavy atom. The van der Waals surface area contributed by atoms with Crippen LogP contribution in [-0.2, 0) is 4.79 Å². The number of carbonyl (C=O) groups excluding carboxylic acids is 2. The molecular weight excluding hydrogens is 240 g/mol. The smallest absolute Gasteiger partial charge is 0.251 e. The van der Waals surface area contributed by atoms with Gasteiger partial charge in [0, 0.05) is 18.7 Å². The van der Waals surface area contributed by atoms with E-state index in [1.54, 1.807) is 12.1 Å². The van der Waals surface area contributed by atoms with Crippen molar-refractivity contribution >= 4 is 11.8 Å². The molecule has 1 aliphatic heterocycles. The zero-order valence-electron chi connectivity index (χ0n) is 11.3. The normalized spacial score (nSPS) is 16.2. The van der Waals surface area contributed by atoms with Crippen LogP contribution in [0.25, 0.3) is 0 Å². The lowest BCUT2D eigenvalue weighted by atomic mass is 10.1. The highest BCUT2D eigenvalue weighted by atomic mass is 16.2. The van der Waals surface area contributed by atoms with Crippen molar-refractivity contribution in [3.63, 3.8) is 0 Å². The summed E-state index contributed by atoms with van der Waals surface area (Å²) in [7, 11) is 0. The van der Waals surface area contributed by atoms with E-state index in [4.69, 9.17) is 0 Å². The van der Waals surface area contributed by atoms with Crippen LogP contribution in [0, 0.1) is 0 Å². The number of carbonyl (C=O) groups is 2. The third-order valence-corrected chi connectivity index (χ3v) is 3.47. The van der Waals surface area contributed by atoms with Crippen molar-refractivity contribution in [1.82, 2.24) is 10.2 Å². The Morgan fingerprint density at radius 2 is 1.84 bits per heavy atom. The zero-order chi connectivity index (χ0) is 13.7. The van der Waals surface area contributed by atoms with E-state index in [2.05, 4.69) is 5.32 Å². The lowest BCUT2D eigenvalue weighted by Gasteiger charge is -2.23. The van der Waals surface area contributed by atoms with Gasteiger partial charge in [0.05, 0.1) is 0 Å². The Morgan fingerprint density at radius 1 is 1.21 bits per heavy atom. The maximum absolute atomic E-state index is 12.3. The molecule has 1 atom stereocenters. The summed E-state index contributed by atoms with van der Waals surface area (Å²) in [5.41, 5.74) is 0.593. The third kappa shape index (κ3) is 3.34. The quantitative estimate of drug-likeness (QED) is 0.897. The van der Waals surface area contributed by atoms with Crippen molar-refractivity contribution in [2.45, 2.75) is 32.2 Å². The van der Waals surface area contributed by atoms with Crippen molar-refractivity contribution < 1.29 is 9.59 Å². The van der Waals surface area contributed by atoms with Gasteiger partial charge in [-0.15, -0.1) is 0 Å². The average molecular weight is 260 g/mol. The predicted molar refractivity (Wildman–Crippen MR) is 73.8 cm³/mol. The molecule has 1 N–H and O–H groups in total. The maximum Gasteiger partial charge on any atom is 0.251 e. The highest BCUT2D eigenvalue weighted by molar-refractivity contribution is 5.97.